The van der Waals surface area contributed by atoms with Gasteiger partial charge in [-0.3, -0.25) is 0 Å². The Balaban J connectivity index is 1.67. The van der Waals surface area contributed by atoms with Gasteiger partial charge in [-0.1, -0.05) is 18.2 Å². The lowest BCUT2D eigenvalue weighted by molar-refractivity contribution is 0.190. The van der Waals surface area contributed by atoms with E-state index in [-0.39, 0.29) is 5.82 Å². The quantitative estimate of drug-likeness (QED) is 0.926. The Hall–Kier alpha value is -1.52. The van der Waals surface area contributed by atoms with Crippen LogP contribution < -0.4 is 4.74 Å². The molecule has 3 rings (SSSR count). The third-order valence-electron chi connectivity index (χ3n) is 3.56. The fraction of sp³-hybridized carbons (Fsp3) is 0.294. The Kier molecular flexibility index (Phi) is 4.17. The summed E-state index contributed by atoms with van der Waals surface area (Å²) in [5.41, 5.74) is 1.85. The lowest BCUT2D eigenvalue weighted by Crippen LogP contribution is -2.14. The van der Waals surface area contributed by atoms with Crippen molar-refractivity contribution < 1.29 is 14.2 Å². The molecule has 0 aromatic heterocycles. The molecule has 2 aromatic carbocycles. The second-order valence-corrected chi connectivity index (χ2v) is 6.56. The van der Waals surface area contributed by atoms with Crippen molar-refractivity contribution in [3.63, 3.8) is 0 Å². The third-order valence-corrected chi connectivity index (χ3v) is 4.85. The van der Waals surface area contributed by atoms with Gasteiger partial charge in [0, 0.05) is 15.7 Å². The Morgan fingerprint density at radius 2 is 2.14 bits per heavy atom. The van der Waals surface area contributed by atoms with Gasteiger partial charge < -0.3 is 9.84 Å². The largest absolute Gasteiger partial charge is 0.492 e. The van der Waals surface area contributed by atoms with Gasteiger partial charge in [-0.2, -0.15) is 0 Å². The maximum absolute atomic E-state index is 13.3. The minimum atomic E-state index is -0.746. The molecule has 2 nitrogen and oxygen atoms in total. The van der Waals surface area contributed by atoms with Crippen LogP contribution in [0.5, 0.6) is 5.75 Å². The zero-order valence-corrected chi connectivity index (χ0v) is 12.6. The van der Waals surface area contributed by atoms with Crippen LogP contribution in [0.15, 0.2) is 47.4 Å². The van der Waals surface area contributed by atoms with Gasteiger partial charge in [-0.05, 0) is 43.2 Å². The molecule has 1 aliphatic rings. The molecule has 1 N–H and O–H groups in total. The Morgan fingerprint density at radius 1 is 1.33 bits per heavy atom. The van der Waals surface area contributed by atoms with Crippen LogP contribution in [-0.2, 0) is 6.42 Å². The lowest BCUT2D eigenvalue weighted by Gasteiger charge is -2.16. The second-order valence-electron chi connectivity index (χ2n) is 5.22. The molecule has 2 atom stereocenters. The van der Waals surface area contributed by atoms with E-state index in [0.717, 1.165) is 6.42 Å². The number of halogens is 1. The monoisotopic (exact) mass is 304 g/mol. The minimum Gasteiger partial charge on any atom is -0.492 e. The highest BCUT2D eigenvalue weighted by atomic mass is 32.2. The van der Waals surface area contributed by atoms with Crippen LogP contribution in [0.1, 0.15) is 24.2 Å². The number of hydrogen-bond acceptors (Lipinski definition) is 3. The van der Waals surface area contributed by atoms with E-state index in [1.54, 1.807) is 13.0 Å². The first kappa shape index (κ1) is 14.4. The van der Waals surface area contributed by atoms with Gasteiger partial charge in [-0.25, -0.2) is 4.39 Å². The highest BCUT2D eigenvalue weighted by Gasteiger charge is 2.23. The Morgan fingerprint density at radius 3 is 2.90 bits per heavy atom. The number of aliphatic hydroxyl groups excluding tert-OH is 1. The van der Waals surface area contributed by atoms with E-state index in [2.05, 4.69) is 12.1 Å². The summed E-state index contributed by atoms with van der Waals surface area (Å²) in [4.78, 5) is 1.31. The molecule has 2 aromatic rings. The van der Waals surface area contributed by atoms with E-state index in [1.807, 2.05) is 23.9 Å². The molecule has 0 spiro atoms. The number of ether oxygens (including phenoxy) is 1. The van der Waals surface area contributed by atoms with Gasteiger partial charge in [0.15, 0.2) is 0 Å². The summed E-state index contributed by atoms with van der Waals surface area (Å²) in [6.45, 7) is 2.16. The van der Waals surface area contributed by atoms with Crippen molar-refractivity contribution in [2.75, 3.05) is 6.61 Å². The predicted octanol–water partition coefficient (Wildman–Crippen LogP) is 3.97. The molecule has 0 saturated carbocycles. The molecule has 0 fully saturated rings. The van der Waals surface area contributed by atoms with Crippen molar-refractivity contribution in [1.29, 1.82) is 0 Å². The lowest BCUT2D eigenvalue weighted by atomic mass is 10.1. The van der Waals surface area contributed by atoms with Crippen LogP contribution in [-0.4, -0.2) is 17.0 Å². The first-order valence-electron chi connectivity index (χ1n) is 6.98. The fourth-order valence-corrected chi connectivity index (χ4v) is 3.72. The molecular weight excluding hydrogens is 287 g/mol. The topological polar surface area (TPSA) is 29.5 Å². The summed E-state index contributed by atoms with van der Waals surface area (Å²) in [6.07, 6.45) is 0.232. The molecule has 0 aliphatic carbocycles. The smallest absolute Gasteiger partial charge is 0.125 e. The molecule has 21 heavy (non-hydrogen) atoms. The number of benzene rings is 2. The average Bonchev–Trinajstić information content (AvgIpc) is 2.88. The summed E-state index contributed by atoms with van der Waals surface area (Å²) in [5.74, 6) is 0.198. The predicted molar refractivity (Wildman–Crippen MR) is 82.3 cm³/mol. The van der Waals surface area contributed by atoms with Gasteiger partial charge in [0.2, 0.25) is 0 Å². The molecule has 1 heterocycles. The summed E-state index contributed by atoms with van der Waals surface area (Å²) >= 11 is 1.81. The normalized spacial score (nSPS) is 18.3. The molecule has 0 radical (unpaired) electrons. The van der Waals surface area contributed by atoms with Crippen molar-refractivity contribution in [3.8, 4) is 5.75 Å². The van der Waals surface area contributed by atoms with Crippen molar-refractivity contribution >= 4 is 11.8 Å². The van der Waals surface area contributed by atoms with Crippen LogP contribution in [0.2, 0.25) is 0 Å². The van der Waals surface area contributed by atoms with Crippen molar-refractivity contribution in [3.05, 3.63) is 59.4 Å². The van der Waals surface area contributed by atoms with E-state index in [0.29, 0.717) is 23.2 Å². The van der Waals surface area contributed by atoms with Gasteiger partial charge in [-0.15, -0.1) is 11.8 Å². The minimum absolute atomic E-state index is 0.356. The van der Waals surface area contributed by atoms with Gasteiger partial charge in [0.05, 0.1) is 6.10 Å². The average molecular weight is 304 g/mol. The number of aliphatic hydroxyl groups is 1. The zero-order valence-electron chi connectivity index (χ0n) is 11.8. The van der Waals surface area contributed by atoms with Gasteiger partial charge >= 0.3 is 0 Å². The Labute approximate surface area is 128 Å². The molecule has 4 heteroatoms. The van der Waals surface area contributed by atoms with Crippen LogP contribution in [0.3, 0.4) is 0 Å². The van der Waals surface area contributed by atoms with Crippen LogP contribution >= 0.6 is 11.8 Å². The molecule has 1 aliphatic heterocycles. The standard InChI is InChI=1S/C17H17FO2S/c1-11(19)15-9-13(18)6-7-16(15)20-10-14-8-12-4-2-3-5-17(12)21-14/h2-7,9,11,14,19H,8,10H2,1H3/t11-,14?/m1/s1. The van der Waals surface area contributed by atoms with Crippen molar-refractivity contribution in [2.24, 2.45) is 0 Å². The first-order chi connectivity index (χ1) is 10.1. The molecule has 110 valence electrons. The van der Waals surface area contributed by atoms with E-state index in [4.69, 9.17) is 4.74 Å². The number of rotatable bonds is 4. The van der Waals surface area contributed by atoms with E-state index < -0.39 is 6.10 Å². The Bertz CT molecular complexity index is 617. The maximum Gasteiger partial charge on any atom is 0.125 e. The zero-order chi connectivity index (χ0) is 14.8. The third kappa shape index (κ3) is 3.22. The molecular formula is C17H17FO2S. The van der Waals surface area contributed by atoms with Crippen LogP contribution in [0.25, 0.3) is 0 Å². The fourth-order valence-electron chi connectivity index (χ4n) is 2.51. The van der Waals surface area contributed by atoms with Crippen LogP contribution in [0, 0.1) is 5.82 Å². The van der Waals surface area contributed by atoms with Crippen molar-refractivity contribution in [1.82, 2.24) is 0 Å². The summed E-state index contributed by atoms with van der Waals surface area (Å²) in [5, 5.41) is 10.1. The number of fused-ring (bicyclic) bond motifs is 1. The first-order valence-corrected chi connectivity index (χ1v) is 7.86. The summed E-state index contributed by atoms with van der Waals surface area (Å²) in [6, 6.07) is 12.6. The van der Waals surface area contributed by atoms with E-state index in [1.165, 1.54) is 22.6 Å². The van der Waals surface area contributed by atoms with E-state index >= 15 is 0 Å². The van der Waals surface area contributed by atoms with E-state index in [9.17, 15) is 9.50 Å². The maximum atomic E-state index is 13.3. The number of hydrogen-bond donors (Lipinski definition) is 1. The molecule has 1 unspecified atom stereocenters. The van der Waals surface area contributed by atoms with Gasteiger partial charge in [0.25, 0.3) is 0 Å². The SMILES string of the molecule is C[C@@H](O)c1cc(F)ccc1OCC1Cc2ccccc2S1. The van der Waals surface area contributed by atoms with Crippen LogP contribution in [0.4, 0.5) is 4.39 Å². The molecule has 0 saturated heterocycles. The summed E-state index contributed by atoms with van der Waals surface area (Å²) in [7, 11) is 0. The number of thioether (sulfide) groups is 1. The highest BCUT2D eigenvalue weighted by Crippen LogP contribution is 2.37. The second kappa shape index (κ2) is 6.08. The van der Waals surface area contributed by atoms with Crippen molar-refractivity contribution in [2.45, 2.75) is 29.6 Å². The summed E-state index contributed by atoms with van der Waals surface area (Å²) < 4.78 is 19.1. The van der Waals surface area contributed by atoms with Gasteiger partial charge in [0.1, 0.15) is 18.2 Å². The highest BCUT2D eigenvalue weighted by molar-refractivity contribution is 8.00. The molecule has 0 bridgehead atoms. The molecule has 0 amide bonds.